The smallest absolute Gasteiger partial charge is 0.252 e. The number of thiazole rings is 1. The molecular formula is C22H31N5O2S. The number of hydrazine groups is 1. The number of nitrogens with zero attached hydrogens (tertiary/aromatic N) is 3. The van der Waals surface area contributed by atoms with Gasteiger partial charge in [0, 0.05) is 24.2 Å². The van der Waals surface area contributed by atoms with Crippen LogP contribution in [-0.2, 0) is 22.6 Å². The van der Waals surface area contributed by atoms with Crippen molar-refractivity contribution in [2.75, 3.05) is 33.2 Å². The van der Waals surface area contributed by atoms with Crippen molar-refractivity contribution in [3.05, 3.63) is 52.0 Å². The lowest BCUT2D eigenvalue weighted by Gasteiger charge is -2.33. The summed E-state index contributed by atoms with van der Waals surface area (Å²) in [5, 5.41) is 2.66. The summed E-state index contributed by atoms with van der Waals surface area (Å²) < 4.78 is 0. The van der Waals surface area contributed by atoms with Crippen molar-refractivity contribution in [3.8, 4) is 0 Å². The number of carbonyl (C=O) groups excluding carboxylic acids is 2. The Labute approximate surface area is 182 Å². The van der Waals surface area contributed by atoms with Crippen LogP contribution in [0.5, 0.6) is 0 Å². The summed E-state index contributed by atoms with van der Waals surface area (Å²) in [6, 6.07) is 10.5. The van der Waals surface area contributed by atoms with Crippen molar-refractivity contribution >= 4 is 23.2 Å². The summed E-state index contributed by atoms with van der Waals surface area (Å²) in [5.41, 5.74) is 7.24. The molecule has 0 saturated carbocycles. The largest absolute Gasteiger partial charge is 0.302 e. The molecule has 30 heavy (non-hydrogen) atoms. The first-order valence-electron chi connectivity index (χ1n) is 10.4. The Morgan fingerprint density at radius 2 is 1.87 bits per heavy atom. The van der Waals surface area contributed by atoms with Crippen molar-refractivity contribution in [2.45, 2.75) is 32.7 Å². The second-order valence-corrected chi connectivity index (χ2v) is 9.00. The molecule has 162 valence electrons. The fourth-order valence-corrected chi connectivity index (χ4v) is 4.55. The number of benzene rings is 1. The Bertz CT molecular complexity index is 818. The van der Waals surface area contributed by atoms with Gasteiger partial charge in [-0.05, 0) is 51.4 Å². The number of rotatable bonds is 8. The van der Waals surface area contributed by atoms with Crippen molar-refractivity contribution < 1.29 is 9.59 Å². The van der Waals surface area contributed by atoms with Gasteiger partial charge in [0.05, 0.1) is 13.0 Å². The highest BCUT2D eigenvalue weighted by atomic mass is 32.1. The Morgan fingerprint density at radius 3 is 2.53 bits per heavy atom. The maximum absolute atomic E-state index is 12.1. The van der Waals surface area contributed by atoms with Crippen LogP contribution in [0, 0.1) is 12.8 Å². The minimum absolute atomic E-state index is 0.181. The van der Waals surface area contributed by atoms with Gasteiger partial charge in [-0.15, -0.1) is 11.3 Å². The molecule has 8 heteroatoms. The fourth-order valence-electron chi connectivity index (χ4n) is 3.78. The Kier molecular flexibility index (Phi) is 8.36. The van der Waals surface area contributed by atoms with Crippen molar-refractivity contribution in [1.82, 2.24) is 25.6 Å². The van der Waals surface area contributed by atoms with E-state index < -0.39 is 0 Å². The van der Waals surface area contributed by atoms with E-state index in [-0.39, 0.29) is 18.2 Å². The van der Waals surface area contributed by atoms with Crippen LogP contribution in [0.2, 0.25) is 0 Å². The summed E-state index contributed by atoms with van der Waals surface area (Å²) in [6.07, 6.45) is 2.35. The molecule has 0 radical (unpaired) electrons. The van der Waals surface area contributed by atoms with Crippen molar-refractivity contribution in [1.29, 1.82) is 0 Å². The number of aryl methyl sites for hydroxylation is 1. The Balaban J connectivity index is 1.30. The first-order valence-corrected chi connectivity index (χ1v) is 11.3. The third-order valence-corrected chi connectivity index (χ3v) is 6.23. The fraction of sp³-hybridized carbons (Fsp3) is 0.500. The van der Waals surface area contributed by atoms with Gasteiger partial charge in [0.1, 0.15) is 5.01 Å². The minimum Gasteiger partial charge on any atom is -0.302 e. The van der Waals surface area contributed by atoms with E-state index in [1.54, 1.807) is 0 Å². The molecule has 0 unspecified atom stereocenters. The summed E-state index contributed by atoms with van der Waals surface area (Å²) in [7, 11) is 2.17. The minimum atomic E-state index is -0.252. The molecule has 1 fully saturated rings. The van der Waals surface area contributed by atoms with Gasteiger partial charge in [-0.1, -0.05) is 30.3 Å². The number of likely N-dealkylation sites (tertiary alicyclic amines) is 1. The van der Waals surface area contributed by atoms with E-state index in [1.807, 2.05) is 18.4 Å². The van der Waals surface area contributed by atoms with E-state index in [4.69, 9.17) is 0 Å². The maximum Gasteiger partial charge on any atom is 0.252 e. The number of hydrogen-bond acceptors (Lipinski definition) is 6. The summed E-state index contributed by atoms with van der Waals surface area (Å²) in [4.78, 5) is 32.8. The van der Waals surface area contributed by atoms with Crippen LogP contribution < -0.4 is 10.9 Å². The molecule has 1 aromatic heterocycles. The zero-order valence-electron chi connectivity index (χ0n) is 17.8. The van der Waals surface area contributed by atoms with Gasteiger partial charge in [0.2, 0.25) is 5.91 Å². The zero-order valence-corrected chi connectivity index (χ0v) is 18.6. The van der Waals surface area contributed by atoms with Crippen LogP contribution in [0.25, 0.3) is 0 Å². The number of nitrogens with one attached hydrogen (secondary N) is 2. The van der Waals surface area contributed by atoms with Gasteiger partial charge in [-0.2, -0.15) is 0 Å². The van der Waals surface area contributed by atoms with Gasteiger partial charge < -0.3 is 4.90 Å². The van der Waals surface area contributed by atoms with Crippen LogP contribution in [0.4, 0.5) is 0 Å². The van der Waals surface area contributed by atoms with Gasteiger partial charge >= 0.3 is 0 Å². The molecule has 1 aromatic carbocycles. The van der Waals surface area contributed by atoms with Gasteiger partial charge in [-0.25, -0.2) is 4.98 Å². The van der Waals surface area contributed by atoms with Crippen molar-refractivity contribution in [3.63, 3.8) is 0 Å². The standard InChI is InChI=1S/C22H31N5O2S/c1-17-16-30-22(23-17)12-20(28)24-25-21(29)15-27-10-8-19(9-11-27)14-26(2)13-18-6-4-3-5-7-18/h3-7,16,19H,8-15H2,1-2H3,(H,24,28)(H,25,29). The van der Waals surface area contributed by atoms with E-state index in [9.17, 15) is 9.59 Å². The van der Waals surface area contributed by atoms with E-state index in [2.05, 4.69) is 56.9 Å². The average Bonchev–Trinajstić information content (AvgIpc) is 3.13. The maximum atomic E-state index is 12.1. The molecule has 2 amide bonds. The van der Waals surface area contributed by atoms with E-state index >= 15 is 0 Å². The predicted molar refractivity (Wildman–Crippen MR) is 119 cm³/mol. The first-order chi connectivity index (χ1) is 14.5. The third-order valence-electron chi connectivity index (χ3n) is 5.26. The van der Waals surface area contributed by atoms with Gasteiger partial charge in [0.15, 0.2) is 0 Å². The Morgan fingerprint density at radius 1 is 1.17 bits per heavy atom. The SMILES string of the molecule is Cc1csc(CC(=O)NNC(=O)CN2CCC(CN(C)Cc3ccccc3)CC2)n1. The highest BCUT2D eigenvalue weighted by Gasteiger charge is 2.22. The van der Waals surface area contributed by atoms with E-state index in [0.717, 1.165) is 49.7 Å². The zero-order chi connectivity index (χ0) is 21.3. The molecule has 2 heterocycles. The molecule has 7 nitrogen and oxygen atoms in total. The van der Waals surface area contributed by atoms with Crippen molar-refractivity contribution in [2.24, 2.45) is 5.92 Å². The molecule has 1 saturated heterocycles. The molecule has 3 rings (SSSR count). The predicted octanol–water partition coefficient (Wildman–Crippen LogP) is 1.99. The highest BCUT2D eigenvalue weighted by molar-refractivity contribution is 7.09. The topological polar surface area (TPSA) is 77.6 Å². The molecule has 1 aliphatic rings. The van der Waals surface area contributed by atoms with E-state index in [0.29, 0.717) is 12.5 Å². The van der Waals surface area contributed by atoms with Gasteiger partial charge in [0.25, 0.3) is 5.91 Å². The van der Waals surface area contributed by atoms with Crippen LogP contribution in [0.15, 0.2) is 35.7 Å². The summed E-state index contributed by atoms with van der Waals surface area (Å²) in [5.74, 6) is 0.218. The molecule has 2 aromatic rings. The number of carbonyl (C=O) groups is 2. The lowest BCUT2D eigenvalue weighted by Crippen LogP contribution is -2.48. The summed E-state index contributed by atoms with van der Waals surface area (Å²) >= 11 is 1.45. The molecule has 2 N–H and O–H groups in total. The molecule has 0 atom stereocenters. The molecule has 0 spiro atoms. The van der Waals surface area contributed by atoms with Gasteiger partial charge in [-0.3, -0.25) is 25.3 Å². The quantitative estimate of drug-likeness (QED) is 0.628. The lowest BCUT2D eigenvalue weighted by atomic mass is 9.96. The second kappa shape index (κ2) is 11.2. The lowest BCUT2D eigenvalue weighted by molar-refractivity contribution is -0.129. The van der Waals surface area contributed by atoms with Crippen LogP contribution in [-0.4, -0.2) is 59.8 Å². The second-order valence-electron chi connectivity index (χ2n) is 8.06. The normalized spacial score (nSPS) is 15.3. The third kappa shape index (κ3) is 7.51. The summed E-state index contributed by atoms with van der Waals surface area (Å²) in [6.45, 7) is 6.05. The highest BCUT2D eigenvalue weighted by Crippen LogP contribution is 2.18. The number of piperidine rings is 1. The van der Waals surface area contributed by atoms with Crippen LogP contribution in [0.1, 0.15) is 29.1 Å². The average molecular weight is 430 g/mol. The molecule has 1 aliphatic heterocycles. The monoisotopic (exact) mass is 429 g/mol. The molecular weight excluding hydrogens is 398 g/mol. The molecule has 0 aliphatic carbocycles. The van der Waals surface area contributed by atoms with Crippen LogP contribution in [0.3, 0.4) is 0 Å². The number of hydrogen-bond donors (Lipinski definition) is 2. The Hall–Kier alpha value is -2.29. The number of aromatic nitrogens is 1. The molecule has 0 bridgehead atoms. The first kappa shape index (κ1) is 22.4. The van der Waals surface area contributed by atoms with Crippen LogP contribution >= 0.6 is 11.3 Å². The number of amides is 2. The van der Waals surface area contributed by atoms with E-state index in [1.165, 1.54) is 16.9 Å².